The average Bonchev–Trinajstić information content (AvgIpc) is 3.17. The van der Waals surface area contributed by atoms with E-state index in [0.29, 0.717) is 29.2 Å². The van der Waals surface area contributed by atoms with Gasteiger partial charge in [-0.3, -0.25) is 24.5 Å². The number of carbonyl (C=O) groups excluding carboxylic acids is 4. The fourth-order valence-electron chi connectivity index (χ4n) is 4.09. The minimum absolute atomic E-state index is 0.0147. The number of hydrogen-bond donors (Lipinski definition) is 2. The van der Waals surface area contributed by atoms with E-state index in [2.05, 4.69) is 10.6 Å². The molecule has 3 atom stereocenters. The van der Waals surface area contributed by atoms with E-state index >= 15 is 0 Å². The second-order valence-electron chi connectivity index (χ2n) is 8.46. The summed E-state index contributed by atoms with van der Waals surface area (Å²) in [4.78, 5) is 60.9. The highest BCUT2D eigenvalue weighted by atomic mass is 32.2. The summed E-state index contributed by atoms with van der Waals surface area (Å²) in [5.41, 5.74) is 0.689. The molecular weight excluding hydrogens is 520 g/mol. The number of hydrogen-bond acceptors (Lipinski definition) is 9. The molecule has 3 rings (SSSR count). The molecular formula is C24H28N4O7S2. The zero-order chi connectivity index (χ0) is 27.1. The second kappa shape index (κ2) is 12.8. The average molecular weight is 549 g/mol. The Balaban J connectivity index is 1.69. The Morgan fingerprint density at radius 3 is 2.57 bits per heavy atom. The maximum absolute atomic E-state index is 13.1. The maximum Gasteiger partial charge on any atom is 0.356 e. The Kier molecular flexibility index (Phi) is 9.75. The predicted molar refractivity (Wildman–Crippen MR) is 140 cm³/mol. The molecule has 11 nitrogen and oxygen atoms in total. The van der Waals surface area contributed by atoms with Crippen LogP contribution in [-0.2, 0) is 30.5 Å². The maximum atomic E-state index is 13.1. The molecule has 2 heterocycles. The van der Waals surface area contributed by atoms with Gasteiger partial charge in [-0.15, -0.1) is 0 Å². The van der Waals surface area contributed by atoms with Crippen molar-refractivity contribution >= 4 is 52.9 Å². The Hall–Kier alpha value is -3.32. The molecule has 1 aromatic carbocycles. The molecule has 1 unspecified atom stereocenters. The van der Waals surface area contributed by atoms with Crippen molar-refractivity contribution in [2.45, 2.75) is 45.1 Å². The summed E-state index contributed by atoms with van der Waals surface area (Å²) in [6.07, 6.45) is 1.94. The molecule has 37 heavy (non-hydrogen) atoms. The standard InChI is InChI=1S/C24H28N4O7S2/c1-14(36-10-8-25-15(2)29)21-19-12-20(37-11-9-26-16(3)30)22(27(19)23(21)31)24(32)35-13-17-4-6-18(7-5-17)28(33)34/h4-7,9,11,14,19,21H,8,10,12-13H2,1-3H3,(H,25,29)(H,26,30)/b11-9+/t14?,19-,21-/m1/s1. The van der Waals surface area contributed by atoms with Crippen molar-refractivity contribution in [2.75, 3.05) is 12.3 Å². The Bertz CT molecular complexity index is 1140. The van der Waals surface area contributed by atoms with E-state index < -0.39 is 10.9 Å². The summed E-state index contributed by atoms with van der Waals surface area (Å²) < 4.78 is 5.47. The largest absolute Gasteiger partial charge is 0.456 e. The van der Waals surface area contributed by atoms with Gasteiger partial charge in [0.15, 0.2) is 0 Å². The molecule has 0 bridgehead atoms. The van der Waals surface area contributed by atoms with Gasteiger partial charge in [-0.2, -0.15) is 11.8 Å². The van der Waals surface area contributed by atoms with Gasteiger partial charge in [0.1, 0.15) is 12.3 Å². The zero-order valence-corrected chi connectivity index (χ0v) is 22.2. The number of non-ortho nitro benzene ring substituents is 1. The van der Waals surface area contributed by atoms with Crippen LogP contribution in [0.15, 0.2) is 46.5 Å². The van der Waals surface area contributed by atoms with Gasteiger partial charge in [0.25, 0.3) is 5.69 Å². The van der Waals surface area contributed by atoms with Crippen LogP contribution in [0.1, 0.15) is 32.8 Å². The highest BCUT2D eigenvalue weighted by Crippen LogP contribution is 2.49. The first kappa shape index (κ1) is 28.3. The van der Waals surface area contributed by atoms with Crippen molar-refractivity contribution in [1.29, 1.82) is 0 Å². The van der Waals surface area contributed by atoms with E-state index in [1.54, 1.807) is 17.2 Å². The van der Waals surface area contributed by atoms with Crippen LogP contribution in [-0.4, -0.2) is 57.1 Å². The monoisotopic (exact) mass is 548 g/mol. The lowest BCUT2D eigenvalue weighted by molar-refractivity contribution is -0.384. The van der Waals surface area contributed by atoms with Gasteiger partial charge < -0.3 is 20.3 Å². The topological polar surface area (TPSA) is 148 Å². The molecule has 13 heteroatoms. The number of fused-ring (bicyclic) bond motifs is 1. The third kappa shape index (κ3) is 7.13. The number of nitro benzene ring substituents is 1. The lowest BCUT2D eigenvalue weighted by Crippen LogP contribution is -2.61. The van der Waals surface area contributed by atoms with Gasteiger partial charge in [-0.05, 0) is 23.1 Å². The van der Waals surface area contributed by atoms with Crippen LogP contribution in [0.5, 0.6) is 0 Å². The van der Waals surface area contributed by atoms with E-state index in [4.69, 9.17) is 4.74 Å². The van der Waals surface area contributed by atoms with Gasteiger partial charge in [0, 0.05) is 61.1 Å². The third-order valence-corrected chi connectivity index (χ3v) is 7.98. The normalized spacial score (nSPS) is 19.3. The predicted octanol–water partition coefficient (Wildman–Crippen LogP) is 2.68. The van der Waals surface area contributed by atoms with Gasteiger partial charge in [0.2, 0.25) is 17.7 Å². The third-order valence-electron chi connectivity index (χ3n) is 5.81. The molecule has 1 saturated heterocycles. The Labute approximate surface area is 222 Å². The number of rotatable bonds is 12. The molecule has 0 radical (unpaired) electrons. The molecule has 0 spiro atoms. The van der Waals surface area contributed by atoms with E-state index in [9.17, 15) is 29.3 Å². The van der Waals surface area contributed by atoms with Gasteiger partial charge in [0.05, 0.1) is 16.9 Å². The van der Waals surface area contributed by atoms with E-state index in [1.165, 1.54) is 61.0 Å². The van der Waals surface area contributed by atoms with Crippen molar-refractivity contribution in [3.63, 3.8) is 0 Å². The van der Waals surface area contributed by atoms with Crippen LogP contribution in [0, 0.1) is 16.0 Å². The number of amides is 3. The first-order chi connectivity index (χ1) is 17.6. The summed E-state index contributed by atoms with van der Waals surface area (Å²) in [6.45, 7) is 5.20. The summed E-state index contributed by atoms with van der Waals surface area (Å²) in [6, 6.07) is 5.49. The Morgan fingerprint density at radius 1 is 1.24 bits per heavy atom. The zero-order valence-electron chi connectivity index (χ0n) is 20.6. The van der Waals surface area contributed by atoms with Crippen molar-refractivity contribution < 1.29 is 28.8 Å². The van der Waals surface area contributed by atoms with Crippen LogP contribution in [0.2, 0.25) is 0 Å². The van der Waals surface area contributed by atoms with E-state index in [-0.39, 0.29) is 52.9 Å². The SMILES string of the molecule is CC(=O)N/C=C/SC1=C(C(=O)OCc2ccc([N+](=O)[O-])cc2)N2C(=O)[C@H](C(C)SCCNC(C)=O)[C@H]2C1. The lowest BCUT2D eigenvalue weighted by atomic mass is 9.85. The Morgan fingerprint density at radius 2 is 1.95 bits per heavy atom. The van der Waals surface area contributed by atoms with Crippen molar-refractivity contribution in [3.8, 4) is 0 Å². The number of thioether (sulfide) groups is 2. The van der Waals surface area contributed by atoms with E-state index in [1.807, 2.05) is 6.92 Å². The molecule has 0 aromatic heterocycles. The van der Waals surface area contributed by atoms with Crippen molar-refractivity contribution in [1.82, 2.24) is 15.5 Å². The van der Waals surface area contributed by atoms with Gasteiger partial charge in [-0.1, -0.05) is 18.7 Å². The molecule has 2 N–H and O–H groups in total. The summed E-state index contributed by atoms with van der Waals surface area (Å²) in [5.74, 6) is -0.774. The molecule has 1 fully saturated rings. The molecule has 1 aromatic rings. The number of carbonyl (C=O) groups is 4. The number of esters is 1. The minimum atomic E-state index is -0.658. The fourth-order valence-corrected chi connectivity index (χ4v) is 6.04. The van der Waals surface area contributed by atoms with Crippen LogP contribution in [0.3, 0.4) is 0 Å². The molecule has 3 amide bonds. The molecule has 0 saturated carbocycles. The van der Waals surface area contributed by atoms with Gasteiger partial charge in [-0.25, -0.2) is 4.79 Å². The van der Waals surface area contributed by atoms with E-state index in [0.717, 1.165) is 0 Å². The first-order valence-electron chi connectivity index (χ1n) is 11.5. The summed E-state index contributed by atoms with van der Waals surface area (Å²) in [5, 5.41) is 17.7. The lowest BCUT2D eigenvalue weighted by Gasteiger charge is -2.46. The second-order valence-corrected chi connectivity index (χ2v) is 10.9. The highest BCUT2D eigenvalue weighted by molar-refractivity contribution is 8.05. The summed E-state index contributed by atoms with van der Waals surface area (Å²) >= 11 is 2.83. The number of nitro groups is 1. The number of nitrogens with zero attached hydrogens (tertiary/aromatic N) is 2. The number of nitrogens with one attached hydrogen (secondary N) is 2. The molecule has 2 aliphatic rings. The quantitative estimate of drug-likeness (QED) is 0.132. The van der Waals surface area contributed by atoms with Crippen LogP contribution >= 0.6 is 23.5 Å². The molecule has 198 valence electrons. The van der Waals surface area contributed by atoms with Gasteiger partial charge >= 0.3 is 5.97 Å². The number of benzene rings is 1. The van der Waals surface area contributed by atoms with Crippen LogP contribution < -0.4 is 10.6 Å². The van der Waals surface area contributed by atoms with Crippen molar-refractivity contribution in [2.24, 2.45) is 5.92 Å². The van der Waals surface area contributed by atoms with Crippen LogP contribution in [0.25, 0.3) is 0 Å². The summed E-state index contributed by atoms with van der Waals surface area (Å²) in [7, 11) is 0. The fraction of sp³-hybridized carbons (Fsp3) is 0.417. The number of β-lactam (4-membered cyclic amide) rings is 1. The minimum Gasteiger partial charge on any atom is -0.456 e. The first-order valence-corrected chi connectivity index (χ1v) is 13.4. The molecule has 0 aliphatic carbocycles. The smallest absolute Gasteiger partial charge is 0.356 e. The number of ether oxygens (including phenoxy) is 1. The van der Waals surface area contributed by atoms with Crippen molar-refractivity contribution in [3.05, 3.63) is 62.2 Å². The van der Waals surface area contributed by atoms with Crippen LogP contribution in [0.4, 0.5) is 5.69 Å². The highest BCUT2D eigenvalue weighted by Gasteiger charge is 2.57. The molecule has 2 aliphatic heterocycles.